The predicted molar refractivity (Wildman–Crippen MR) is 65.7 cm³/mol. The molecule has 0 atom stereocenters. The Balaban J connectivity index is 3.34. The molecule has 0 aromatic heterocycles. The minimum Gasteiger partial charge on any atom is -0.530 e. The highest BCUT2D eigenvalue weighted by atomic mass is 127. The van der Waals surface area contributed by atoms with Crippen molar-refractivity contribution in [3.63, 3.8) is 0 Å². The third kappa shape index (κ3) is 3.07. The zero-order valence-electron chi connectivity index (χ0n) is 8.79. The maximum atomic E-state index is 12.7. The molecule has 1 amide bonds. The van der Waals surface area contributed by atoms with Crippen molar-refractivity contribution < 1.29 is 23.1 Å². The van der Waals surface area contributed by atoms with Crippen LogP contribution in [0.3, 0.4) is 0 Å². The molecule has 0 fully saturated rings. The molecule has 0 aliphatic carbocycles. The zero-order valence-corrected chi connectivity index (χ0v) is 10.9. The highest BCUT2D eigenvalue weighted by Gasteiger charge is 2.34. The molecule has 0 unspecified atom stereocenters. The number of carbonyl (C=O) groups excluding carboxylic acids is 1. The van der Waals surface area contributed by atoms with Crippen LogP contribution in [0.5, 0.6) is 0 Å². The van der Waals surface area contributed by atoms with E-state index in [9.17, 15) is 23.1 Å². The van der Waals surface area contributed by atoms with Crippen LogP contribution in [0.15, 0.2) is 18.2 Å². The lowest BCUT2D eigenvalue weighted by molar-refractivity contribution is -0.246. The lowest BCUT2D eigenvalue weighted by Crippen LogP contribution is -2.42. The normalized spacial score (nSPS) is 10.8. The van der Waals surface area contributed by atoms with E-state index in [4.69, 9.17) is 6.42 Å². The first-order valence-corrected chi connectivity index (χ1v) is 5.64. The standard InChI is InChI=1S/C11H7F3INO2/c1-2-6-16(10(17)18)8-5-3-4-7(9(8)15)11(12,13)14/h1,3-5H,6H2,(H,17,18)/p-1. The van der Waals surface area contributed by atoms with E-state index < -0.39 is 17.8 Å². The molecule has 0 N–H and O–H groups in total. The molecule has 96 valence electrons. The van der Waals surface area contributed by atoms with Gasteiger partial charge < -0.3 is 14.8 Å². The Morgan fingerprint density at radius 1 is 1.50 bits per heavy atom. The Kier molecular flexibility index (Phi) is 4.45. The van der Waals surface area contributed by atoms with Crippen molar-refractivity contribution in [2.24, 2.45) is 0 Å². The summed E-state index contributed by atoms with van der Waals surface area (Å²) in [5.41, 5.74) is -1.05. The quantitative estimate of drug-likeness (QED) is 0.593. The Morgan fingerprint density at radius 2 is 2.11 bits per heavy atom. The molecule has 0 heterocycles. The summed E-state index contributed by atoms with van der Waals surface area (Å²) in [7, 11) is 0. The Morgan fingerprint density at radius 3 is 2.56 bits per heavy atom. The molecule has 0 saturated heterocycles. The van der Waals surface area contributed by atoms with Crippen molar-refractivity contribution in [2.75, 3.05) is 11.4 Å². The van der Waals surface area contributed by atoms with Crippen LogP contribution in [0.25, 0.3) is 0 Å². The average Bonchev–Trinajstić information content (AvgIpc) is 2.24. The molecule has 0 aliphatic rings. The molecule has 3 nitrogen and oxygen atoms in total. The topological polar surface area (TPSA) is 43.4 Å². The van der Waals surface area contributed by atoms with E-state index in [1.165, 1.54) is 28.7 Å². The molecule has 0 bridgehead atoms. The van der Waals surface area contributed by atoms with Crippen molar-refractivity contribution in [3.8, 4) is 12.3 Å². The van der Waals surface area contributed by atoms with Crippen LogP contribution in [-0.2, 0) is 6.18 Å². The summed E-state index contributed by atoms with van der Waals surface area (Å²) >= 11 is 1.43. The molecule has 0 saturated carbocycles. The van der Waals surface area contributed by atoms with Gasteiger partial charge in [0.25, 0.3) is 0 Å². The summed E-state index contributed by atoms with van der Waals surface area (Å²) in [4.78, 5) is 11.4. The molecule has 1 aromatic carbocycles. The van der Waals surface area contributed by atoms with E-state index in [-0.39, 0.29) is 15.8 Å². The number of rotatable bonds is 2. The van der Waals surface area contributed by atoms with Gasteiger partial charge in [0.2, 0.25) is 0 Å². The van der Waals surface area contributed by atoms with E-state index in [2.05, 4.69) is 5.92 Å². The highest BCUT2D eigenvalue weighted by molar-refractivity contribution is 14.1. The van der Waals surface area contributed by atoms with Gasteiger partial charge in [0.15, 0.2) is 0 Å². The largest absolute Gasteiger partial charge is 0.530 e. The summed E-state index contributed by atoms with van der Waals surface area (Å²) in [5, 5.41) is 10.8. The fraction of sp³-hybridized carbons (Fsp3) is 0.182. The van der Waals surface area contributed by atoms with Crippen molar-refractivity contribution >= 4 is 34.4 Å². The third-order valence-corrected chi connectivity index (χ3v) is 3.18. The van der Waals surface area contributed by atoms with Crippen LogP contribution >= 0.6 is 22.6 Å². The number of carboxylic acid groups (broad SMARTS) is 1. The predicted octanol–water partition coefficient (Wildman–Crippen LogP) is 2.09. The molecule has 18 heavy (non-hydrogen) atoms. The summed E-state index contributed by atoms with van der Waals surface area (Å²) < 4.78 is 37.7. The molecular weight excluding hydrogens is 362 g/mol. The van der Waals surface area contributed by atoms with Crippen LogP contribution in [0.1, 0.15) is 5.56 Å². The second kappa shape index (κ2) is 5.48. The summed E-state index contributed by atoms with van der Waals surface area (Å²) in [6, 6.07) is 3.23. The van der Waals surface area contributed by atoms with Gasteiger partial charge in [0.05, 0.1) is 17.8 Å². The first-order chi connectivity index (χ1) is 8.29. The van der Waals surface area contributed by atoms with Crippen LogP contribution in [0.2, 0.25) is 0 Å². The van der Waals surface area contributed by atoms with Crippen molar-refractivity contribution in [3.05, 3.63) is 27.3 Å². The number of nitrogens with zero attached hydrogens (tertiary/aromatic N) is 1. The molecule has 0 radical (unpaired) electrons. The monoisotopic (exact) mass is 368 g/mol. The molecule has 0 aliphatic heterocycles. The Labute approximate surface area is 115 Å². The number of amides is 1. The average molecular weight is 368 g/mol. The van der Waals surface area contributed by atoms with Gasteiger partial charge in [0, 0.05) is 3.57 Å². The van der Waals surface area contributed by atoms with Gasteiger partial charge >= 0.3 is 6.18 Å². The van der Waals surface area contributed by atoms with Crippen molar-refractivity contribution in [1.29, 1.82) is 0 Å². The maximum absolute atomic E-state index is 12.7. The number of anilines is 1. The minimum absolute atomic E-state index is 0.136. The fourth-order valence-corrected chi connectivity index (χ4v) is 2.24. The number of carbonyl (C=O) groups is 1. The van der Waals surface area contributed by atoms with Crippen LogP contribution in [0, 0.1) is 15.9 Å². The van der Waals surface area contributed by atoms with Crippen LogP contribution in [-0.4, -0.2) is 12.6 Å². The van der Waals surface area contributed by atoms with Gasteiger partial charge in [-0.25, -0.2) is 0 Å². The van der Waals surface area contributed by atoms with E-state index in [1.807, 2.05) is 0 Å². The van der Waals surface area contributed by atoms with E-state index in [0.29, 0.717) is 4.90 Å². The van der Waals surface area contributed by atoms with Crippen molar-refractivity contribution in [1.82, 2.24) is 0 Å². The zero-order chi connectivity index (χ0) is 13.9. The van der Waals surface area contributed by atoms with Gasteiger partial charge in [-0.1, -0.05) is 12.0 Å². The second-order valence-corrected chi connectivity index (χ2v) is 4.27. The van der Waals surface area contributed by atoms with Gasteiger partial charge in [-0.05, 0) is 34.7 Å². The van der Waals surface area contributed by atoms with Crippen LogP contribution < -0.4 is 10.0 Å². The minimum atomic E-state index is -4.56. The fourth-order valence-electron chi connectivity index (χ4n) is 1.29. The van der Waals surface area contributed by atoms with E-state index >= 15 is 0 Å². The van der Waals surface area contributed by atoms with Gasteiger partial charge in [-0.15, -0.1) is 6.42 Å². The summed E-state index contributed by atoms with van der Waals surface area (Å²) in [6.07, 6.45) is -1.23. The number of terminal acetylenes is 1. The van der Waals surface area contributed by atoms with Gasteiger partial charge in [-0.3, -0.25) is 0 Å². The van der Waals surface area contributed by atoms with Crippen LogP contribution in [0.4, 0.5) is 23.7 Å². The molecule has 0 spiro atoms. The van der Waals surface area contributed by atoms with Gasteiger partial charge in [0.1, 0.15) is 6.09 Å². The lowest BCUT2D eigenvalue weighted by Gasteiger charge is -2.25. The smallest absolute Gasteiger partial charge is 0.417 e. The molecular formula is C11H6F3INO2-. The SMILES string of the molecule is C#CCN(C(=O)[O-])c1cccc(C(F)(F)F)c1I. The van der Waals surface area contributed by atoms with Gasteiger partial charge in [-0.2, -0.15) is 13.2 Å². The van der Waals surface area contributed by atoms with E-state index in [1.54, 1.807) is 0 Å². The van der Waals surface area contributed by atoms with E-state index in [0.717, 1.165) is 12.1 Å². The second-order valence-electron chi connectivity index (χ2n) is 3.19. The first-order valence-electron chi connectivity index (χ1n) is 4.56. The summed E-state index contributed by atoms with van der Waals surface area (Å²) in [5.74, 6) is 2.05. The Bertz CT molecular complexity index is 508. The molecule has 7 heteroatoms. The molecule has 1 aromatic rings. The number of hydrogen-bond acceptors (Lipinski definition) is 2. The van der Waals surface area contributed by atoms with Crippen molar-refractivity contribution in [2.45, 2.75) is 6.18 Å². The molecule has 1 rings (SSSR count). The highest BCUT2D eigenvalue weighted by Crippen LogP contribution is 2.36. The summed E-state index contributed by atoms with van der Waals surface area (Å²) in [6.45, 7) is -0.375. The Hall–Kier alpha value is -1.43. The first kappa shape index (κ1) is 14.6. The number of halogens is 4. The third-order valence-electron chi connectivity index (χ3n) is 2.04. The number of alkyl halides is 3. The lowest BCUT2D eigenvalue weighted by atomic mass is 10.2. The number of benzene rings is 1. The number of hydrogen-bond donors (Lipinski definition) is 0. The maximum Gasteiger partial charge on any atom is 0.417 e.